The van der Waals surface area contributed by atoms with Crippen LogP contribution in [-0.2, 0) is 29.4 Å². The van der Waals surface area contributed by atoms with E-state index in [4.69, 9.17) is 21.4 Å². The summed E-state index contributed by atoms with van der Waals surface area (Å²) < 4.78 is 19.9. The van der Waals surface area contributed by atoms with Crippen molar-refractivity contribution >= 4 is 62.8 Å². The molecule has 3 aromatic carbocycles. The number of aromatic hydroxyl groups is 1. The first-order valence-corrected chi connectivity index (χ1v) is 17.6. The Bertz CT molecular complexity index is 2010. The zero-order valence-electron chi connectivity index (χ0n) is 27.1. The Morgan fingerprint density at radius 1 is 1.04 bits per heavy atom. The van der Waals surface area contributed by atoms with E-state index < -0.39 is 70.4 Å². The number of hydrogen-bond donors (Lipinski definition) is 3. The number of carbonyl (C=O) groups is 5. The van der Waals surface area contributed by atoms with Crippen LogP contribution in [0.4, 0.5) is 10.1 Å². The number of nitrogens with zero attached hydrogens (tertiary/aromatic N) is 2. The maximum Gasteiger partial charge on any atom is 0.303 e. The molecular formula is C37H32BrClFN3O8. The predicted molar refractivity (Wildman–Crippen MR) is 185 cm³/mol. The van der Waals surface area contributed by atoms with Crippen molar-refractivity contribution in [2.24, 2.45) is 23.7 Å². The Labute approximate surface area is 305 Å². The highest BCUT2D eigenvalue weighted by Crippen LogP contribution is 2.65. The molecule has 2 heterocycles. The van der Waals surface area contributed by atoms with Gasteiger partial charge in [0.1, 0.15) is 5.82 Å². The van der Waals surface area contributed by atoms with Crippen LogP contribution in [0, 0.1) is 29.5 Å². The fraction of sp³-hybridized carbons (Fsp3) is 0.324. The number of allylic oxidation sites excluding steroid dienone is 2. The molecule has 2 aliphatic carbocycles. The second-order valence-electron chi connectivity index (χ2n) is 13.2. The molecule has 3 fully saturated rings. The van der Waals surface area contributed by atoms with Gasteiger partial charge in [-0.3, -0.25) is 34.3 Å². The minimum Gasteiger partial charge on any atom is -0.504 e. The van der Waals surface area contributed by atoms with Crippen molar-refractivity contribution in [1.29, 1.82) is 0 Å². The fourth-order valence-corrected chi connectivity index (χ4v) is 9.22. The van der Waals surface area contributed by atoms with Crippen molar-refractivity contribution in [2.75, 3.05) is 19.1 Å². The van der Waals surface area contributed by atoms with Crippen molar-refractivity contribution < 1.29 is 43.3 Å². The molecule has 6 atom stereocenters. The number of likely N-dealkylation sites (tertiary alicyclic amines) is 1. The molecule has 14 heteroatoms. The number of imide groups is 2. The first-order chi connectivity index (χ1) is 24.4. The van der Waals surface area contributed by atoms with E-state index in [1.807, 2.05) is 6.08 Å². The maximum atomic E-state index is 15.2. The number of nitrogens with one attached hydrogen (secondary N) is 1. The highest BCUT2D eigenvalue weighted by molar-refractivity contribution is 9.10. The van der Waals surface area contributed by atoms with Gasteiger partial charge in [0.05, 0.1) is 36.0 Å². The van der Waals surface area contributed by atoms with E-state index in [0.29, 0.717) is 20.6 Å². The van der Waals surface area contributed by atoms with Crippen molar-refractivity contribution in [3.05, 3.63) is 98.8 Å². The quantitative estimate of drug-likeness (QED) is 0.181. The lowest BCUT2D eigenvalue weighted by Gasteiger charge is -2.50. The van der Waals surface area contributed by atoms with Crippen LogP contribution < -0.4 is 10.2 Å². The van der Waals surface area contributed by atoms with Gasteiger partial charge >= 0.3 is 5.97 Å². The third kappa shape index (κ3) is 5.48. The van der Waals surface area contributed by atoms with Gasteiger partial charge in [0.15, 0.2) is 11.5 Å². The number of carboxylic acids is 1. The number of carbonyl (C=O) groups excluding carboxylic acids is 4. The molecule has 4 aliphatic rings. The molecule has 4 amide bonds. The molecule has 7 rings (SSSR count). The number of anilines is 1. The largest absolute Gasteiger partial charge is 0.504 e. The van der Waals surface area contributed by atoms with Crippen LogP contribution in [0.1, 0.15) is 42.7 Å². The average Bonchev–Trinajstić information content (AvgIpc) is 3.47. The molecule has 3 aromatic rings. The zero-order valence-corrected chi connectivity index (χ0v) is 29.5. The smallest absolute Gasteiger partial charge is 0.303 e. The molecule has 0 aromatic heterocycles. The Morgan fingerprint density at radius 2 is 1.75 bits per heavy atom. The van der Waals surface area contributed by atoms with Gasteiger partial charge in [-0.15, -0.1) is 0 Å². The van der Waals surface area contributed by atoms with Gasteiger partial charge in [-0.25, -0.2) is 4.39 Å². The van der Waals surface area contributed by atoms with Gasteiger partial charge in [-0.1, -0.05) is 51.3 Å². The highest BCUT2D eigenvalue weighted by Gasteiger charge is 2.70. The van der Waals surface area contributed by atoms with Crippen molar-refractivity contribution in [2.45, 2.75) is 37.0 Å². The summed E-state index contributed by atoms with van der Waals surface area (Å²) in [6.45, 7) is -0.0585. The number of phenolic OH excluding ortho intramolecular Hbond substituents is 1. The minimum absolute atomic E-state index is 0.00613. The summed E-state index contributed by atoms with van der Waals surface area (Å²) in [7, 11) is 1.39. The molecule has 0 unspecified atom stereocenters. The monoisotopic (exact) mass is 779 g/mol. The van der Waals surface area contributed by atoms with E-state index in [0.717, 1.165) is 9.91 Å². The van der Waals surface area contributed by atoms with E-state index in [1.165, 1.54) is 31.4 Å². The van der Waals surface area contributed by atoms with Crippen LogP contribution in [0.15, 0.2) is 76.8 Å². The molecule has 0 radical (unpaired) electrons. The Kier molecular flexibility index (Phi) is 8.91. The van der Waals surface area contributed by atoms with Crippen LogP contribution >= 0.6 is 27.5 Å². The summed E-state index contributed by atoms with van der Waals surface area (Å²) in [5.74, 6) is -8.32. The lowest BCUT2D eigenvalue weighted by Crippen LogP contribution is -2.53. The van der Waals surface area contributed by atoms with E-state index in [9.17, 15) is 28.7 Å². The summed E-state index contributed by atoms with van der Waals surface area (Å²) >= 11 is 9.84. The van der Waals surface area contributed by atoms with E-state index in [-0.39, 0.29) is 55.0 Å². The minimum atomic E-state index is -1.69. The Hall–Kier alpha value is -4.75. The first-order valence-electron chi connectivity index (χ1n) is 16.4. The SMILES string of the molecule is COc1cc(Br)cc([C@H]2C3=CC[C@@H]4C(=O)N(CCCC(=O)O)C(=O)[C@@H]4[C@@H]3C[C@H]3C(=O)N(Nc4ccc(F)cc4)C(=O)[C@@]23c2ccc(Cl)cc2)c1O. The predicted octanol–water partition coefficient (Wildman–Crippen LogP) is 5.81. The number of amides is 4. The second kappa shape index (κ2) is 13.1. The number of benzene rings is 3. The summed E-state index contributed by atoms with van der Waals surface area (Å²) in [6, 6.07) is 14.9. The number of hydrazine groups is 1. The molecule has 11 nitrogen and oxygen atoms in total. The van der Waals surface area contributed by atoms with Gasteiger partial charge in [-0.05, 0) is 79.3 Å². The first kappa shape index (κ1) is 34.7. The number of hydrogen-bond acceptors (Lipinski definition) is 8. The Morgan fingerprint density at radius 3 is 2.41 bits per heavy atom. The van der Waals surface area contributed by atoms with Crippen LogP contribution in [0.2, 0.25) is 5.02 Å². The fourth-order valence-electron chi connectivity index (χ4n) is 8.64. The van der Waals surface area contributed by atoms with Crippen LogP contribution in [0.5, 0.6) is 11.5 Å². The standard InChI is InChI=1S/C37H32BrClFN3O8/c1-51-28-16-19(38)15-26(32(28)46)31-23-12-13-24-30(35(49)42(33(24)47)14-2-3-29(44)45)25(23)17-27-34(48)43(41-22-10-8-21(40)9-11-22)36(50)37(27,31)18-4-6-20(39)7-5-18/h4-12,15-16,24-25,27,30-31,41,46H,2-3,13-14,17H2,1H3,(H,44,45)/t24-,25+,27-,30-,31+,37+/m0/s1. The number of aliphatic carboxylic acids is 1. The molecule has 3 N–H and O–H groups in total. The van der Waals surface area contributed by atoms with Gasteiger partial charge in [0.2, 0.25) is 11.8 Å². The highest BCUT2D eigenvalue weighted by atomic mass is 79.9. The average molecular weight is 781 g/mol. The van der Waals surface area contributed by atoms with Gasteiger partial charge in [0.25, 0.3) is 11.8 Å². The molecule has 2 saturated heterocycles. The zero-order chi connectivity index (χ0) is 36.4. The van der Waals surface area contributed by atoms with E-state index in [2.05, 4.69) is 21.4 Å². The Balaban J connectivity index is 1.44. The van der Waals surface area contributed by atoms with Crippen LogP contribution in [0.3, 0.4) is 0 Å². The number of carboxylic acid groups (broad SMARTS) is 1. The lowest BCUT2D eigenvalue weighted by atomic mass is 9.49. The maximum absolute atomic E-state index is 15.2. The topological polar surface area (TPSA) is 154 Å². The summed E-state index contributed by atoms with van der Waals surface area (Å²) in [5.41, 5.74) is 2.77. The molecule has 0 spiro atoms. The lowest BCUT2D eigenvalue weighted by molar-refractivity contribution is -0.142. The molecular weight excluding hydrogens is 749 g/mol. The number of rotatable bonds is 9. The number of phenols is 1. The summed E-state index contributed by atoms with van der Waals surface area (Å²) in [6.07, 6.45) is 1.87. The second-order valence-corrected chi connectivity index (χ2v) is 14.6. The van der Waals surface area contributed by atoms with Crippen molar-refractivity contribution in [1.82, 2.24) is 9.91 Å². The summed E-state index contributed by atoms with van der Waals surface area (Å²) in [5, 5.41) is 22.3. The number of halogens is 3. The van der Waals surface area contributed by atoms with Gasteiger partial charge < -0.3 is 14.9 Å². The number of ether oxygens (including phenoxy) is 1. The number of fused-ring (bicyclic) bond motifs is 4. The van der Waals surface area contributed by atoms with Crippen LogP contribution in [0.25, 0.3) is 0 Å². The van der Waals surface area contributed by atoms with Crippen molar-refractivity contribution in [3.63, 3.8) is 0 Å². The van der Waals surface area contributed by atoms with E-state index >= 15 is 4.79 Å². The molecule has 1 saturated carbocycles. The molecule has 264 valence electrons. The molecule has 0 bridgehead atoms. The van der Waals surface area contributed by atoms with Gasteiger partial charge in [0, 0.05) is 33.9 Å². The summed E-state index contributed by atoms with van der Waals surface area (Å²) in [4.78, 5) is 70.0. The van der Waals surface area contributed by atoms with Gasteiger partial charge in [-0.2, -0.15) is 5.01 Å². The molecule has 2 aliphatic heterocycles. The van der Waals surface area contributed by atoms with Crippen molar-refractivity contribution in [3.8, 4) is 11.5 Å². The normalized spacial score (nSPS) is 26.8. The molecule has 51 heavy (non-hydrogen) atoms. The third-order valence-corrected chi connectivity index (χ3v) is 11.4. The van der Waals surface area contributed by atoms with E-state index in [1.54, 1.807) is 36.4 Å². The number of methoxy groups -OCH3 is 1. The third-order valence-electron chi connectivity index (χ3n) is 10.7. The van der Waals surface area contributed by atoms with Crippen LogP contribution in [-0.4, -0.2) is 63.4 Å².